The number of nitrogens with two attached hydrogens (primary N) is 1. The van der Waals surface area contributed by atoms with E-state index in [4.69, 9.17) is 40.7 Å². The number of esters is 1. The second-order valence-electron chi connectivity index (χ2n) is 17.1. The zero-order chi connectivity index (χ0) is 41.8. The van der Waals surface area contributed by atoms with E-state index in [9.17, 15) is 30.0 Å². The normalized spacial score (nSPS) is 32.6. The third-order valence-corrected chi connectivity index (χ3v) is 12.8. The number of phenolic OH excluding ortho intramolecular Hbond substituents is 1. The Morgan fingerprint density at radius 1 is 1.16 bits per heavy atom. The SMILES string of the molecule is C=c1oc2cc(OC)cc(=C(O)CC3COC(=O)C[C@H](N)c4cc(O)c(c(Cl)c4)O[C@@H]4CC3C#CC3CCCC34O[C@@H]3CC(C)(C)[C@@H](N(C)C)[C@@H](O)[C@H]3O)c2nc1=O. The van der Waals surface area contributed by atoms with E-state index in [0.29, 0.717) is 30.6 Å². The van der Waals surface area contributed by atoms with E-state index in [-0.39, 0.29) is 75.9 Å². The molecule has 8 rings (SSSR count). The molecule has 0 amide bonds. The molecule has 2 saturated carbocycles. The van der Waals surface area contributed by atoms with Crippen LogP contribution >= 0.6 is 11.6 Å². The third kappa shape index (κ3) is 7.76. The lowest BCUT2D eigenvalue weighted by Gasteiger charge is -2.53. The Labute approximate surface area is 341 Å². The van der Waals surface area contributed by atoms with E-state index in [1.54, 1.807) is 6.07 Å². The number of rotatable bonds is 6. The number of benzene rings is 2. The molecular formula is C43H52ClN3O11. The number of aromatic hydroxyl groups is 1. The molecule has 6 N–H and O–H groups in total. The molecule has 312 valence electrons. The van der Waals surface area contributed by atoms with Gasteiger partial charge in [0.1, 0.15) is 34.8 Å². The van der Waals surface area contributed by atoms with Crippen LogP contribution in [0.3, 0.4) is 0 Å². The molecule has 1 aromatic heterocycles. The first-order valence-corrected chi connectivity index (χ1v) is 20.0. The smallest absolute Gasteiger partial charge is 0.312 e. The quantitative estimate of drug-likeness (QED) is 0.179. The fraction of sp³-hybridized carbons (Fsp3) is 0.558. The summed E-state index contributed by atoms with van der Waals surface area (Å²) in [5.74, 6) is 4.44. The Morgan fingerprint density at radius 3 is 2.62 bits per heavy atom. The number of methoxy groups -OCH3 is 1. The summed E-state index contributed by atoms with van der Waals surface area (Å²) in [5.41, 5.74) is 4.58. The molecule has 5 aliphatic rings. The van der Waals surface area contributed by atoms with Gasteiger partial charge in [0.15, 0.2) is 22.5 Å². The van der Waals surface area contributed by atoms with Gasteiger partial charge in [-0.3, -0.25) is 9.59 Å². The van der Waals surface area contributed by atoms with Gasteiger partial charge in [0.25, 0.3) is 0 Å². The van der Waals surface area contributed by atoms with Crippen molar-refractivity contribution >= 4 is 41.0 Å². The van der Waals surface area contributed by atoms with E-state index in [2.05, 4.69) is 23.4 Å². The molecule has 2 aromatic carbocycles. The molecule has 0 radical (unpaired) electrons. The molecule has 3 aromatic rings. The molecule has 3 heterocycles. The average molecular weight is 822 g/mol. The van der Waals surface area contributed by atoms with E-state index < -0.39 is 70.8 Å². The standard InChI is InChI=1S/C43H52ClN3O11/c1-21-41(53)46-36-27(16-26(54-6)17-32(36)56-21)30(48)14-24-20-55-35(50)18-29(45)23-12-28(44)39(31(49)13-23)57-34-15-22(24)9-10-25-8-7-11-43(25,34)58-33-19-42(2,3)40(47(4)5)38(52)37(33)51/h12-13,16-17,22,24-25,29,33-34,37-38,40,48-49,51-52H,1,7-8,11,14-15,18-20,45H2,2-6H3/t22?,24?,25?,29-,33+,34+,37-,38-,40-,43?/m0/s1. The van der Waals surface area contributed by atoms with Crippen LogP contribution in [0, 0.1) is 35.0 Å². The average Bonchev–Trinajstić information content (AvgIpc) is 3.50. The third-order valence-electron chi connectivity index (χ3n) is 12.5. The number of carbonyl (C=O) groups is 1. The molecule has 0 spiro atoms. The summed E-state index contributed by atoms with van der Waals surface area (Å²) in [6, 6.07) is 4.81. The number of aliphatic hydroxyl groups is 3. The molecule has 2 fully saturated rings. The highest BCUT2D eigenvalue weighted by Crippen LogP contribution is 2.51. The van der Waals surface area contributed by atoms with Crippen molar-refractivity contribution < 1.29 is 48.6 Å². The molecule has 0 saturated heterocycles. The molecule has 4 unspecified atom stereocenters. The monoisotopic (exact) mass is 821 g/mol. The van der Waals surface area contributed by atoms with Gasteiger partial charge in [0.2, 0.25) is 0 Å². The van der Waals surface area contributed by atoms with Gasteiger partial charge in [-0.2, -0.15) is 0 Å². The minimum absolute atomic E-state index is 0.00408. The summed E-state index contributed by atoms with van der Waals surface area (Å²) in [6.45, 7) is 7.52. The largest absolute Gasteiger partial charge is 0.512 e. The molecule has 15 heteroatoms. The second kappa shape index (κ2) is 16.0. The number of ether oxygens (including phenoxy) is 4. The fourth-order valence-electron chi connectivity index (χ4n) is 9.74. The van der Waals surface area contributed by atoms with Crippen LogP contribution in [0.25, 0.3) is 23.4 Å². The van der Waals surface area contributed by atoms with Crippen molar-refractivity contribution in [3.8, 4) is 29.1 Å². The van der Waals surface area contributed by atoms with Gasteiger partial charge in [-0.05, 0) is 69.0 Å². The number of aliphatic hydroxyl groups excluding tert-OH is 3. The number of aromatic nitrogens is 1. The highest BCUT2D eigenvalue weighted by molar-refractivity contribution is 6.32. The molecule has 3 aliphatic carbocycles. The van der Waals surface area contributed by atoms with Crippen molar-refractivity contribution in [3.63, 3.8) is 0 Å². The Morgan fingerprint density at radius 2 is 1.91 bits per heavy atom. The number of hydrogen-bond donors (Lipinski definition) is 5. The maximum absolute atomic E-state index is 13.3. The molecule has 14 nitrogen and oxygen atoms in total. The van der Waals surface area contributed by atoms with Crippen LogP contribution < -0.4 is 31.4 Å². The number of nitrogens with zero attached hydrogens (tertiary/aromatic N) is 2. The molecule has 58 heavy (non-hydrogen) atoms. The summed E-state index contributed by atoms with van der Waals surface area (Å²) in [5, 5.41) is 46.7. The van der Waals surface area contributed by atoms with E-state index >= 15 is 0 Å². The predicted octanol–water partition coefficient (Wildman–Crippen LogP) is 3.06. The number of fused-ring (bicyclic) bond motifs is 9. The Hall–Kier alpha value is -4.36. The summed E-state index contributed by atoms with van der Waals surface area (Å²) < 4.78 is 30.9. The van der Waals surface area contributed by atoms with Crippen molar-refractivity contribution in [2.24, 2.45) is 28.9 Å². The van der Waals surface area contributed by atoms with Gasteiger partial charge < -0.3 is 54.4 Å². The Balaban J connectivity index is 1.35. The van der Waals surface area contributed by atoms with Crippen molar-refractivity contribution in [2.45, 2.75) is 101 Å². The number of halogens is 1. The zero-order valence-electron chi connectivity index (χ0n) is 33.4. The lowest BCUT2D eigenvalue weighted by molar-refractivity contribution is -0.234. The van der Waals surface area contributed by atoms with Crippen molar-refractivity contribution in [1.82, 2.24) is 9.88 Å². The summed E-state index contributed by atoms with van der Waals surface area (Å²) in [4.78, 5) is 32.0. The first kappa shape index (κ1) is 41.8. The number of hydrogen-bond acceptors (Lipinski definition) is 14. The zero-order valence-corrected chi connectivity index (χ0v) is 34.1. The van der Waals surface area contributed by atoms with Crippen molar-refractivity contribution in [2.75, 3.05) is 27.8 Å². The highest BCUT2D eigenvalue weighted by Gasteiger charge is 2.58. The molecule has 4 bridgehead atoms. The minimum atomic E-state index is -1.23. The van der Waals surface area contributed by atoms with Gasteiger partial charge in [0.05, 0.1) is 43.3 Å². The number of carbonyl (C=O) groups excluding carboxylic acids is 1. The van der Waals surface area contributed by atoms with Crippen LogP contribution in [0.2, 0.25) is 5.02 Å². The van der Waals surface area contributed by atoms with Gasteiger partial charge >= 0.3 is 11.5 Å². The van der Waals surface area contributed by atoms with Crippen LogP contribution in [-0.4, -0.2) is 100 Å². The maximum atomic E-state index is 13.3. The summed E-state index contributed by atoms with van der Waals surface area (Å²) >= 11 is 6.83. The predicted molar refractivity (Wildman–Crippen MR) is 214 cm³/mol. The first-order valence-electron chi connectivity index (χ1n) is 19.6. The van der Waals surface area contributed by atoms with Gasteiger partial charge in [-0.25, -0.2) is 4.98 Å². The summed E-state index contributed by atoms with van der Waals surface area (Å²) in [7, 11) is 5.20. The molecular weight excluding hydrogens is 770 g/mol. The van der Waals surface area contributed by atoms with Crippen LogP contribution in [0.4, 0.5) is 0 Å². The van der Waals surface area contributed by atoms with Gasteiger partial charge in [-0.1, -0.05) is 43.9 Å². The van der Waals surface area contributed by atoms with Crippen molar-refractivity contribution in [3.05, 3.63) is 55.8 Å². The van der Waals surface area contributed by atoms with E-state index in [0.717, 1.165) is 6.42 Å². The lowest BCUT2D eigenvalue weighted by atomic mass is 9.68. The number of phenols is 1. The van der Waals surface area contributed by atoms with Crippen LogP contribution in [0.15, 0.2) is 33.5 Å². The Bertz CT molecular complexity index is 2300. The number of likely N-dealkylation sites (N-methyl/N-ethyl adjacent to an activating group) is 1. The minimum Gasteiger partial charge on any atom is -0.512 e. The highest BCUT2D eigenvalue weighted by atomic mass is 35.5. The molecule has 2 aliphatic heterocycles. The second-order valence-corrected chi connectivity index (χ2v) is 17.5. The van der Waals surface area contributed by atoms with Crippen LogP contribution in [-0.2, 0) is 14.3 Å². The Kier molecular flexibility index (Phi) is 11.5. The topological polar surface area (TPSA) is 207 Å². The van der Waals surface area contributed by atoms with E-state index in [1.807, 2.05) is 32.8 Å². The lowest BCUT2D eigenvalue weighted by Crippen LogP contribution is -2.64. The van der Waals surface area contributed by atoms with Gasteiger partial charge in [0, 0.05) is 48.0 Å². The first-order chi connectivity index (χ1) is 27.4. The fourth-order valence-corrected chi connectivity index (χ4v) is 10.0. The van der Waals surface area contributed by atoms with Crippen molar-refractivity contribution in [1.29, 1.82) is 0 Å². The maximum Gasteiger partial charge on any atom is 0.312 e. The molecule has 10 atom stereocenters. The summed E-state index contributed by atoms with van der Waals surface area (Å²) in [6.07, 6.45) is -1.93. The van der Waals surface area contributed by atoms with Crippen LogP contribution in [0.1, 0.15) is 70.4 Å². The van der Waals surface area contributed by atoms with E-state index in [1.165, 1.54) is 25.3 Å². The van der Waals surface area contributed by atoms with Crippen LogP contribution in [0.5, 0.6) is 17.2 Å². The van der Waals surface area contributed by atoms with Gasteiger partial charge in [-0.15, -0.1) is 0 Å².